The van der Waals surface area contributed by atoms with Gasteiger partial charge in [-0.3, -0.25) is 19.9 Å². The molecule has 0 aromatic carbocycles. The van der Waals surface area contributed by atoms with Gasteiger partial charge in [-0.2, -0.15) is 0 Å². The summed E-state index contributed by atoms with van der Waals surface area (Å²) in [4.78, 5) is 29.2. The standard InChI is InChI=1S/C14H21NO3.Co/c1-5-7-18-15-10(6-2)13-11(16)8-14(3,4)9-12(13)17;/h5,15H,1,6-9H2,2-4H3;. The fourth-order valence-electron chi connectivity index (χ4n) is 2.09. The van der Waals surface area contributed by atoms with E-state index in [-0.39, 0.29) is 39.3 Å². The van der Waals surface area contributed by atoms with Gasteiger partial charge in [0, 0.05) is 29.6 Å². The largest absolute Gasteiger partial charge is 0.294 e. The number of ketones is 2. The second kappa shape index (κ2) is 7.62. The van der Waals surface area contributed by atoms with E-state index in [2.05, 4.69) is 12.1 Å². The van der Waals surface area contributed by atoms with Crippen molar-refractivity contribution < 1.29 is 31.2 Å². The van der Waals surface area contributed by atoms with E-state index in [9.17, 15) is 9.59 Å². The topological polar surface area (TPSA) is 55.4 Å². The second-order valence-electron chi connectivity index (χ2n) is 5.27. The first kappa shape index (κ1) is 18.1. The van der Waals surface area contributed by atoms with Gasteiger partial charge < -0.3 is 0 Å². The smallest absolute Gasteiger partial charge is 0.168 e. The Balaban J connectivity index is 0.00000324. The number of carbonyl (C=O) groups excluding carboxylic acids is 2. The molecule has 1 saturated carbocycles. The summed E-state index contributed by atoms with van der Waals surface area (Å²) in [6.45, 7) is 9.61. The van der Waals surface area contributed by atoms with Gasteiger partial charge in [-0.05, 0) is 11.8 Å². The van der Waals surface area contributed by atoms with E-state index < -0.39 is 0 Å². The van der Waals surface area contributed by atoms with Crippen LogP contribution in [-0.2, 0) is 31.2 Å². The molecule has 1 aliphatic rings. The summed E-state index contributed by atoms with van der Waals surface area (Å²) in [5.74, 6) is -0.189. The third kappa shape index (κ3) is 4.93. The van der Waals surface area contributed by atoms with Crippen molar-refractivity contribution in [2.75, 3.05) is 6.61 Å². The van der Waals surface area contributed by atoms with Gasteiger partial charge in [-0.15, -0.1) is 6.58 Å². The summed E-state index contributed by atoms with van der Waals surface area (Å²) >= 11 is 0. The predicted molar refractivity (Wildman–Crippen MR) is 69.6 cm³/mol. The quantitative estimate of drug-likeness (QED) is 0.278. The van der Waals surface area contributed by atoms with Crippen molar-refractivity contribution in [1.29, 1.82) is 0 Å². The molecular weight excluding hydrogens is 289 g/mol. The van der Waals surface area contributed by atoms with Crippen molar-refractivity contribution in [3.63, 3.8) is 0 Å². The molecule has 0 amide bonds. The fourth-order valence-corrected chi connectivity index (χ4v) is 2.09. The van der Waals surface area contributed by atoms with Crippen LogP contribution in [0.5, 0.6) is 0 Å². The Kier molecular flexibility index (Phi) is 7.25. The molecule has 1 rings (SSSR count). The normalized spacial score (nSPS) is 17.7. The van der Waals surface area contributed by atoms with E-state index in [0.29, 0.717) is 31.6 Å². The minimum atomic E-state index is -0.238. The summed E-state index contributed by atoms with van der Waals surface area (Å²) < 4.78 is 0. The molecule has 0 spiro atoms. The van der Waals surface area contributed by atoms with Crippen LogP contribution < -0.4 is 5.48 Å². The Bertz CT molecular complexity index is 377. The molecule has 1 fully saturated rings. The first-order valence-electron chi connectivity index (χ1n) is 6.19. The molecule has 0 saturated heterocycles. The van der Waals surface area contributed by atoms with Crippen LogP contribution in [0.25, 0.3) is 0 Å². The van der Waals surface area contributed by atoms with Gasteiger partial charge in [0.25, 0.3) is 0 Å². The number of hydrogen-bond acceptors (Lipinski definition) is 4. The number of allylic oxidation sites excluding steroid dienone is 2. The molecule has 109 valence electrons. The van der Waals surface area contributed by atoms with E-state index in [1.54, 1.807) is 6.08 Å². The molecule has 0 atom stereocenters. The third-order valence-corrected chi connectivity index (χ3v) is 2.89. The molecule has 0 bridgehead atoms. The Morgan fingerprint density at radius 2 is 1.89 bits per heavy atom. The average Bonchev–Trinajstić information content (AvgIpc) is 2.24. The first-order chi connectivity index (χ1) is 8.41. The summed E-state index contributed by atoms with van der Waals surface area (Å²) in [6.07, 6.45) is 2.96. The monoisotopic (exact) mass is 310 g/mol. The van der Waals surface area contributed by atoms with Crippen molar-refractivity contribution in [3.05, 3.63) is 23.9 Å². The van der Waals surface area contributed by atoms with Crippen LogP contribution in [0, 0.1) is 5.41 Å². The molecule has 0 aromatic rings. The molecule has 0 aromatic heterocycles. The van der Waals surface area contributed by atoms with Gasteiger partial charge in [0.05, 0.1) is 17.9 Å². The van der Waals surface area contributed by atoms with E-state index in [4.69, 9.17) is 4.84 Å². The van der Waals surface area contributed by atoms with Crippen LogP contribution in [0.3, 0.4) is 0 Å². The molecule has 0 aliphatic heterocycles. The molecule has 4 nitrogen and oxygen atoms in total. The van der Waals surface area contributed by atoms with Gasteiger partial charge in [-0.1, -0.05) is 26.8 Å². The first-order valence-corrected chi connectivity index (χ1v) is 6.19. The summed E-state index contributed by atoms with van der Waals surface area (Å²) in [7, 11) is 0. The summed E-state index contributed by atoms with van der Waals surface area (Å²) in [5.41, 5.74) is 3.31. The zero-order chi connectivity index (χ0) is 13.8. The number of hydrogen-bond donors (Lipinski definition) is 1. The number of nitrogens with one attached hydrogen (secondary N) is 1. The molecule has 0 heterocycles. The van der Waals surface area contributed by atoms with Crippen molar-refractivity contribution in [2.24, 2.45) is 5.41 Å². The van der Waals surface area contributed by atoms with Crippen molar-refractivity contribution in [1.82, 2.24) is 5.48 Å². The number of carbonyl (C=O) groups is 2. The van der Waals surface area contributed by atoms with Crippen LogP contribution in [0.15, 0.2) is 23.9 Å². The molecule has 0 unspecified atom stereocenters. The van der Waals surface area contributed by atoms with Crippen molar-refractivity contribution >= 4 is 11.6 Å². The van der Waals surface area contributed by atoms with Gasteiger partial charge in [0.15, 0.2) is 11.6 Å². The van der Waals surface area contributed by atoms with Crippen LogP contribution in [0.4, 0.5) is 0 Å². The number of rotatable bonds is 5. The predicted octanol–water partition coefficient (Wildman–Crippen LogP) is 2.31. The average molecular weight is 310 g/mol. The van der Waals surface area contributed by atoms with Crippen LogP contribution in [0.1, 0.15) is 40.0 Å². The van der Waals surface area contributed by atoms with Crippen molar-refractivity contribution in [3.8, 4) is 0 Å². The summed E-state index contributed by atoms with van der Waals surface area (Å²) in [6, 6.07) is 0. The van der Waals surface area contributed by atoms with Crippen LogP contribution in [-0.4, -0.2) is 18.2 Å². The molecular formula is C14H21CoNO3. The minimum Gasteiger partial charge on any atom is -0.294 e. The van der Waals surface area contributed by atoms with Gasteiger partial charge in [-0.25, -0.2) is 0 Å². The molecule has 5 heteroatoms. The second-order valence-corrected chi connectivity index (χ2v) is 5.27. The fraction of sp³-hybridized carbons (Fsp3) is 0.571. The number of hydroxylamine groups is 1. The Labute approximate surface area is 124 Å². The van der Waals surface area contributed by atoms with E-state index >= 15 is 0 Å². The van der Waals surface area contributed by atoms with E-state index in [1.807, 2.05) is 20.8 Å². The van der Waals surface area contributed by atoms with Crippen LogP contribution in [0.2, 0.25) is 0 Å². The minimum absolute atomic E-state index is 0. The van der Waals surface area contributed by atoms with Gasteiger partial charge in [0.1, 0.15) is 0 Å². The zero-order valence-corrected chi connectivity index (χ0v) is 12.7. The molecule has 1 radical (unpaired) electrons. The van der Waals surface area contributed by atoms with E-state index in [1.165, 1.54) is 0 Å². The zero-order valence-electron chi connectivity index (χ0n) is 11.7. The maximum Gasteiger partial charge on any atom is 0.168 e. The van der Waals surface area contributed by atoms with Gasteiger partial charge >= 0.3 is 0 Å². The maximum absolute atomic E-state index is 12.1. The Morgan fingerprint density at radius 3 is 2.32 bits per heavy atom. The van der Waals surface area contributed by atoms with Crippen LogP contribution >= 0.6 is 0 Å². The number of Topliss-reactive ketones (excluding diaryl/α,β-unsaturated/α-hetero) is 2. The Hall–Kier alpha value is -0.914. The third-order valence-electron chi connectivity index (χ3n) is 2.89. The Morgan fingerprint density at radius 1 is 1.37 bits per heavy atom. The molecule has 1 N–H and O–H groups in total. The maximum atomic E-state index is 12.1. The van der Waals surface area contributed by atoms with Crippen molar-refractivity contribution in [2.45, 2.75) is 40.0 Å². The van der Waals surface area contributed by atoms with E-state index in [0.717, 1.165) is 0 Å². The van der Waals surface area contributed by atoms with Gasteiger partial charge in [0.2, 0.25) is 0 Å². The molecule has 1 aliphatic carbocycles. The SMILES string of the molecule is C=CCONC(CC)=C1C(=O)CC(C)(C)CC1=O.[Co]. The molecule has 19 heavy (non-hydrogen) atoms. The summed E-state index contributed by atoms with van der Waals surface area (Å²) in [5, 5.41) is 0.